The molecule has 1 atom stereocenters. The molecule has 0 saturated heterocycles. The lowest BCUT2D eigenvalue weighted by molar-refractivity contribution is -0.150. The lowest BCUT2D eigenvalue weighted by atomic mass is 9.90. The zero-order valence-corrected chi connectivity index (χ0v) is 29.6. The second-order valence-corrected chi connectivity index (χ2v) is 12.5. The molecule has 0 aliphatic carbocycles. The van der Waals surface area contributed by atoms with Crippen molar-refractivity contribution < 1.29 is 65.1 Å². The van der Waals surface area contributed by atoms with Crippen molar-refractivity contribution in [2.45, 2.75) is 96.3 Å². The van der Waals surface area contributed by atoms with Crippen LogP contribution in [0.1, 0.15) is 82.3 Å². The van der Waals surface area contributed by atoms with Gasteiger partial charge >= 0.3 is 24.3 Å². The van der Waals surface area contributed by atoms with Crippen LogP contribution in [0, 0.1) is 5.92 Å². The van der Waals surface area contributed by atoms with Crippen molar-refractivity contribution in [1.82, 2.24) is 0 Å². The number of alkyl halides is 6. The molecule has 2 aromatic rings. The van der Waals surface area contributed by atoms with Crippen LogP contribution in [0.25, 0.3) is 11.1 Å². The normalized spacial score (nSPS) is 12.3. The molecule has 0 bridgehead atoms. The van der Waals surface area contributed by atoms with E-state index in [0.717, 1.165) is 22.3 Å². The fourth-order valence-electron chi connectivity index (χ4n) is 5.20. The molecule has 0 aliphatic heterocycles. The molecule has 2 rings (SSSR count). The molecule has 0 aromatic heterocycles. The van der Waals surface area contributed by atoms with Crippen LogP contribution < -0.4 is 9.47 Å². The smallest absolute Gasteiger partial charge is 0.389 e. The number of esters is 2. The Morgan fingerprint density at radius 1 is 0.673 bits per heavy atom. The summed E-state index contributed by atoms with van der Waals surface area (Å²) in [5.74, 6) is -1.10. The number of aryl methyl sites for hydroxylation is 2. The Labute approximate surface area is 301 Å². The SMILES string of the molecule is C=C(CO)C(=O)OCCOc1ccc(CCCCCCC(F)(F)F)c(-c2cc(OCCOC(=O)C(C)CO)ccc2CCCCCCC(F)(F)F)c1. The van der Waals surface area contributed by atoms with E-state index in [1.54, 1.807) is 18.2 Å². The number of aliphatic hydroxyl groups excluding tert-OH is 2. The number of carbonyl (C=O) groups is 2. The molecule has 0 saturated carbocycles. The first-order chi connectivity index (χ1) is 24.6. The van der Waals surface area contributed by atoms with Gasteiger partial charge in [0.15, 0.2) is 0 Å². The highest BCUT2D eigenvalue weighted by molar-refractivity contribution is 5.87. The van der Waals surface area contributed by atoms with Gasteiger partial charge in [-0.05, 0) is 92.0 Å². The van der Waals surface area contributed by atoms with Crippen molar-refractivity contribution in [2.75, 3.05) is 39.6 Å². The Bertz CT molecular complexity index is 1390. The van der Waals surface area contributed by atoms with Gasteiger partial charge in [0, 0.05) is 12.8 Å². The summed E-state index contributed by atoms with van der Waals surface area (Å²) in [6, 6.07) is 10.8. The predicted molar refractivity (Wildman–Crippen MR) is 183 cm³/mol. The quantitative estimate of drug-likeness (QED) is 0.0451. The number of carbonyl (C=O) groups excluding carboxylic acids is 2. The van der Waals surface area contributed by atoms with Gasteiger partial charge in [-0.3, -0.25) is 4.79 Å². The van der Waals surface area contributed by atoms with Crippen molar-refractivity contribution in [3.63, 3.8) is 0 Å². The van der Waals surface area contributed by atoms with Gasteiger partial charge in [-0.1, -0.05) is 44.4 Å². The fourth-order valence-corrected chi connectivity index (χ4v) is 5.20. The summed E-state index contributed by atoms with van der Waals surface area (Å²) in [6.07, 6.45) is -5.64. The average Bonchev–Trinajstić information content (AvgIpc) is 3.10. The average molecular weight is 749 g/mol. The number of hydrogen-bond acceptors (Lipinski definition) is 8. The molecular formula is C38H50F6O8. The van der Waals surface area contributed by atoms with Crippen molar-refractivity contribution >= 4 is 11.9 Å². The lowest BCUT2D eigenvalue weighted by Crippen LogP contribution is -2.20. The van der Waals surface area contributed by atoms with Gasteiger partial charge in [-0.15, -0.1) is 0 Å². The van der Waals surface area contributed by atoms with Gasteiger partial charge in [-0.2, -0.15) is 26.3 Å². The molecule has 8 nitrogen and oxygen atoms in total. The van der Waals surface area contributed by atoms with E-state index in [1.807, 2.05) is 18.2 Å². The minimum atomic E-state index is -4.20. The third-order valence-corrected chi connectivity index (χ3v) is 8.10. The molecule has 0 aliphatic rings. The van der Waals surface area contributed by atoms with Crippen LogP contribution in [0.4, 0.5) is 26.3 Å². The summed E-state index contributed by atoms with van der Waals surface area (Å²) in [4.78, 5) is 23.7. The van der Waals surface area contributed by atoms with Crippen LogP contribution >= 0.6 is 0 Å². The molecule has 14 heteroatoms. The maximum atomic E-state index is 12.6. The number of halogens is 6. The summed E-state index contributed by atoms with van der Waals surface area (Å²) < 4.78 is 97.7. The summed E-state index contributed by atoms with van der Waals surface area (Å²) in [5.41, 5.74) is 3.22. The van der Waals surface area contributed by atoms with Crippen LogP contribution in [0.2, 0.25) is 0 Å². The molecule has 0 amide bonds. The molecule has 1 unspecified atom stereocenters. The van der Waals surface area contributed by atoms with Crippen molar-refractivity contribution in [3.05, 3.63) is 59.7 Å². The van der Waals surface area contributed by atoms with Crippen LogP contribution in [0.5, 0.6) is 11.5 Å². The van der Waals surface area contributed by atoms with Crippen LogP contribution in [-0.2, 0) is 31.9 Å². The molecule has 0 spiro atoms. The highest BCUT2D eigenvalue weighted by Crippen LogP contribution is 2.36. The van der Waals surface area contributed by atoms with Gasteiger partial charge in [0.2, 0.25) is 0 Å². The molecular weight excluding hydrogens is 698 g/mol. The number of unbranched alkanes of at least 4 members (excludes halogenated alkanes) is 6. The third kappa shape index (κ3) is 18.1. The summed E-state index contributed by atoms with van der Waals surface area (Å²) in [7, 11) is 0. The van der Waals surface area contributed by atoms with Crippen molar-refractivity contribution in [2.24, 2.45) is 5.92 Å². The van der Waals surface area contributed by atoms with E-state index in [-0.39, 0.29) is 51.4 Å². The summed E-state index contributed by atoms with van der Waals surface area (Å²) >= 11 is 0. The maximum Gasteiger partial charge on any atom is 0.389 e. The Hall–Kier alpha value is -3.78. The highest BCUT2D eigenvalue weighted by Gasteiger charge is 2.26. The summed E-state index contributed by atoms with van der Waals surface area (Å²) in [6.45, 7) is 3.90. The topological polar surface area (TPSA) is 112 Å². The third-order valence-electron chi connectivity index (χ3n) is 8.10. The molecule has 2 aromatic carbocycles. The second kappa shape index (κ2) is 23.0. The number of aliphatic hydroxyl groups is 2. The first-order valence-electron chi connectivity index (χ1n) is 17.5. The minimum absolute atomic E-state index is 0.00993. The monoisotopic (exact) mass is 748 g/mol. The molecule has 292 valence electrons. The zero-order chi connectivity index (χ0) is 38.6. The number of benzene rings is 2. The Morgan fingerprint density at radius 3 is 1.54 bits per heavy atom. The summed E-state index contributed by atoms with van der Waals surface area (Å²) in [5, 5.41) is 18.2. The van der Waals surface area contributed by atoms with Gasteiger partial charge in [0.05, 0.1) is 24.7 Å². The number of hydrogen-bond donors (Lipinski definition) is 2. The maximum absolute atomic E-state index is 12.6. The van der Waals surface area contributed by atoms with E-state index in [1.165, 1.54) is 6.92 Å². The van der Waals surface area contributed by atoms with E-state index in [4.69, 9.17) is 29.2 Å². The first-order valence-corrected chi connectivity index (χ1v) is 17.5. The first kappa shape index (κ1) is 44.4. The van der Waals surface area contributed by atoms with Gasteiger partial charge in [-0.25, -0.2) is 4.79 Å². The van der Waals surface area contributed by atoms with Crippen LogP contribution in [-0.4, -0.2) is 74.1 Å². The Kier molecular flexibility index (Phi) is 19.6. The van der Waals surface area contributed by atoms with Crippen molar-refractivity contribution in [3.8, 4) is 22.6 Å². The zero-order valence-electron chi connectivity index (χ0n) is 29.6. The highest BCUT2D eigenvalue weighted by atomic mass is 19.4. The molecule has 0 radical (unpaired) electrons. The number of rotatable bonds is 25. The second-order valence-electron chi connectivity index (χ2n) is 12.5. The molecule has 0 heterocycles. The van der Waals surface area contributed by atoms with Gasteiger partial charge in [0.25, 0.3) is 0 Å². The molecule has 52 heavy (non-hydrogen) atoms. The standard InChI is InChI=1S/C38H50F6O8/c1-27(25-45)35(47)51-21-19-49-31-15-13-29(11-7-3-5-9-17-37(39,40)41)33(23-31)34-24-32(50-20-22-52-36(48)28(2)26-46)16-14-30(34)12-8-4-6-10-18-38(42,43)44/h13-16,23-24,28,45-46H,1,3-12,17-22,25-26H2,2H3. The van der Waals surface area contributed by atoms with E-state index in [0.29, 0.717) is 62.9 Å². The predicted octanol–water partition coefficient (Wildman–Crippen LogP) is 8.49. The largest absolute Gasteiger partial charge is 0.490 e. The fraction of sp³-hybridized carbons (Fsp3) is 0.579. The van der Waals surface area contributed by atoms with Crippen molar-refractivity contribution in [1.29, 1.82) is 0 Å². The minimum Gasteiger partial charge on any atom is -0.490 e. The van der Waals surface area contributed by atoms with Crippen LogP contribution in [0.3, 0.4) is 0 Å². The van der Waals surface area contributed by atoms with E-state index in [2.05, 4.69) is 6.58 Å². The van der Waals surface area contributed by atoms with E-state index >= 15 is 0 Å². The van der Waals surface area contributed by atoms with E-state index in [9.17, 15) is 35.9 Å². The van der Waals surface area contributed by atoms with E-state index < -0.39 is 49.7 Å². The molecule has 0 fully saturated rings. The lowest BCUT2D eigenvalue weighted by Gasteiger charge is -2.18. The number of ether oxygens (including phenoxy) is 4. The Balaban J connectivity index is 2.32. The van der Waals surface area contributed by atoms with Gasteiger partial charge in [0.1, 0.15) is 37.9 Å². The molecule has 2 N–H and O–H groups in total. The Morgan fingerprint density at radius 2 is 1.12 bits per heavy atom. The van der Waals surface area contributed by atoms with Gasteiger partial charge < -0.3 is 29.2 Å². The van der Waals surface area contributed by atoms with Crippen LogP contribution in [0.15, 0.2) is 48.6 Å².